The summed E-state index contributed by atoms with van der Waals surface area (Å²) >= 11 is 1.45. The summed E-state index contributed by atoms with van der Waals surface area (Å²) in [6.07, 6.45) is 2.96. The Labute approximate surface area is 115 Å². The summed E-state index contributed by atoms with van der Waals surface area (Å²) in [7, 11) is 0. The molecule has 1 atom stereocenters. The first kappa shape index (κ1) is 13.6. The van der Waals surface area contributed by atoms with Crippen molar-refractivity contribution in [2.45, 2.75) is 19.4 Å². The Kier molecular flexibility index (Phi) is 3.92. The molecule has 19 heavy (non-hydrogen) atoms. The van der Waals surface area contributed by atoms with Crippen LogP contribution < -0.4 is 5.32 Å². The van der Waals surface area contributed by atoms with Gasteiger partial charge in [0, 0.05) is 11.1 Å². The van der Waals surface area contributed by atoms with Crippen LogP contribution in [0.5, 0.6) is 0 Å². The smallest absolute Gasteiger partial charge is 0.271 e. The fraction of sp³-hybridized carbons (Fsp3) is 0.308. The van der Waals surface area contributed by atoms with Crippen molar-refractivity contribution in [2.24, 2.45) is 0 Å². The Bertz CT molecular complexity index is 550. The van der Waals surface area contributed by atoms with Gasteiger partial charge in [0.1, 0.15) is 11.3 Å². The van der Waals surface area contributed by atoms with Gasteiger partial charge >= 0.3 is 0 Å². The fourth-order valence-electron chi connectivity index (χ4n) is 1.52. The molecule has 2 N–H and O–H groups in total. The molecule has 100 valence electrons. The van der Waals surface area contributed by atoms with Crippen LogP contribution in [0.3, 0.4) is 0 Å². The van der Waals surface area contributed by atoms with E-state index in [1.807, 2.05) is 17.5 Å². The number of carbonyl (C=O) groups excluding carboxylic acids is 1. The SMILES string of the molecule is Cc1cnc(C(=O)NCC(C)(O)c2cccs2)cn1. The van der Waals surface area contributed by atoms with Crippen molar-refractivity contribution in [3.63, 3.8) is 0 Å². The van der Waals surface area contributed by atoms with Gasteiger partial charge in [-0.05, 0) is 25.3 Å². The average Bonchev–Trinajstić information content (AvgIpc) is 2.91. The number of amides is 1. The van der Waals surface area contributed by atoms with Gasteiger partial charge < -0.3 is 10.4 Å². The quantitative estimate of drug-likeness (QED) is 0.887. The van der Waals surface area contributed by atoms with Gasteiger partial charge in [0.05, 0.1) is 18.4 Å². The van der Waals surface area contributed by atoms with E-state index in [1.54, 1.807) is 13.8 Å². The molecule has 0 aliphatic rings. The molecule has 0 aliphatic heterocycles. The molecule has 0 fully saturated rings. The highest BCUT2D eigenvalue weighted by Crippen LogP contribution is 2.24. The molecule has 1 unspecified atom stereocenters. The average molecular weight is 277 g/mol. The molecule has 0 aromatic carbocycles. The van der Waals surface area contributed by atoms with Crippen LogP contribution in [0.15, 0.2) is 29.9 Å². The first-order valence-corrected chi connectivity index (χ1v) is 6.70. The van der Waals surface area contributed by atoms with Crippen LogP contribution in [-0.4, -0.2) is 27.5 Å². The Morgan fingerprint density at radius 1 is 1.47 bits per heavy atom. The number of hydrogen-bond donors (Lipinski definition) is 2. The summed E-state index contributed by atoms with van der Waals surface area (Å²) in [6, 6.07) is 3.70. The highest BCUT2D eigenvalue weighted by Gasteiger charge is 2.25. The van der Waals surface area contributed by atoms with E-state index in [1.165, 1.54) is 23.7 Å². The molecule has 2 rings (SSSR count). The second-order valence-electron chi connectivity index (χ2n) is 4.48. The van der Waals surface area contributed by atoms with Crippen molar-refractivity contribution in [3.05, 3.63) is 46.2 Å². The molecule has 1 amide bonds. The third-order valence-electron chi connectivity index (χ3n) is 2.66. The Morgan fingerprint density at radius 3 is 2.84 bits per heavy atom. The van der Waals surface area contributed by atoms with E-state index in [9.17, 15) is 9.90 Å². The lowest BCUT2D eigenvalue weighted by Crippen LogP contribution is -2.38. The molecular weight excluding hydrogens is 262 g/mol. The van der Waals surface area contributed by atoms with E-state index in [2.05, 4.69) is 15.3 Å². The lowest BCUT2D eigenvalue weighted by atomic mass is 10.1. The van der Waals surface area contributed by atoms with Gasteiger partial charge in [0.15, 0.2) is 0 Å². The fourth-order valence-corrected chi connectivity index (χ4v) is 2.31. The van der Waals surface area contributed by atoms with Crippen LogP contribution in [0.1, 0.15) is 28.0 Å². The molecular formula is C13H15N3O2S. The molecule has 0 bridgehead atoms. The van der Waals surface area contributed by atoms with Gasteiger partial charge in [0.25, 0.3) is 5.91 Å². The highest BCUT2D eigenvalue weighted by molar-refractivity contribution is 7.10. The summed E-state index contributed by atoms with van der Waals surface area (Å²) in [5.74, 6) is -0.343. The first-order valence-electron chi connectivity index (χ1n) is 5.82. The van der Waals surface area contributed by atoms with Crippen LogP contribution in [-0.2, 0) is 5.60 Å². The maximum atomic E-state index is 11.9. The standard InChI is InChI=1S/C13H15N3O2S/c1-9-6-15-10(7-14-9)12(17)16-8-13(2,18)11-4-3-5-19-11/h3-7,18H,8H2,1-2H3,(H,16,17). The summed E-state index contributed by atoms with van der Waals surface area (Å²) in [5.41, 5.74) is -0.0863. The van der Waals surface area contributed by atoms with Crippen molar-refractivity contribution in [1.29, 1.82) is 0 Å². The van der Waals surface area contributed by atoms with E-state index in [4.69, 9.17) is 0 Å². The normalized spacial score (nSPS) is 13.8. The monoisotopic (exact) mass is 277 g/mol. The van der Waals surface area contributed by atoms with Crippen LogP contribution in [0.4, 0.5) is 0 Å². The molecule has 6 heteroatoms. The van der Waals surface area contributed by atoms with Gasteiger partial charge in [-0.1, -0.05) is 6.07 Å². The number of thiophene rings is 1. The van der Waals surface area contributed by atoms with E-state index in [0.29, 0.717) is 0 Å². The molecule has 5 nitrogen and oxygen atoms in total. The Balaban J connectivity index is 1.99. The lowest BCUT2D eigenvalue weighted by Gasteiger charge is -2.22. The number of hydrogen-bond acceptors (Lipinski definition) is 5. The summed E-state index contributed by atoms with van der Waals surface area (Å²) in [6.45, 7) is 3.60. The molecule has 2 aromatic heterocycles. The first-order chi connectivity index (χ1) is 8.99. The number of nitrogens with zero attached hydrogens (tertiary/aromatic N) is 2. The molecule has 2 heterocycles. The Morgan fingerprint density at radius 2 is 2.26 bits per heavy atom. The maximum Gasteiger partial charge on any atom is 0.271 e. The van der Waals surface area contributed by atoms with Gasteiger partial charge in [-0.3, -0.25) is 9.78 Å². The largest absolute Gasteiger partial charge is 0.383 e. The van der Waals surface area contributed by atoms with E-state index in [-0.39, 0.29) is 18.1 Å². The van der Waals surface area contributed by atoms with E-state index < -0.39 is 5.60 Å². The van der Waals surface area contributed by atoms with E-state index in [0.717, 1.165) is 10.6 Å². The molecule has 0 saturated carbocycles. The third-order valence-corrected chi connectivity index (χ3v) is 3.78. The summed E-state index contributed by atoms with van der Waals surface area (Å²) in [4.78, 5) is 20.7. The Hall–Kier alpha value is -1.79. The summed E-state index contributed by atoms with van der Waals surface area (Å²) in [5, 5.41) is 14.8. The predicted molar refractivity (Wildman–Crippen MR) is 73.0 cm³/mol. The van der Waals surface area contributed by atoms with Crippen molar-refractivity contribution in [2.75, 3.05) is 6.54 Å². The molecule has 0 aliphatic carbocycles. The second-order valence-corrected chi connectivity index (χ2v) is 5.42. The van der Waals surface area contributed by atoms with Crippen molar-refractivity contribution >= 4 is 17.2 Å². The predicted octanol–water partition coefficient (Wildman–Crippen LogP) is 1.48. The molecule has 0 spiro atoms. The minimum atomic E-state index is -1.08. The van der Waals surface area contributed by atoms with Crippen LogP contribution in [0, 0.1) is 6.92 Å². The molecule has 0 saturated heterocycles. The van der Waals surface area contributed by atoms with Gasteiger partial charge in [-0.15, -0.1) is 11.3 Å². The minimum absolute atomic E-state index is 0.127. The summed E-state index contributed by atoms with van der Waals surface area (Å²) < 4.78 is 0. The van der Waals surface area contributed by atoms with Crippen LogP contribution >= 0.6 is 11.3 Å². The number of carbonyl (C=O) groups is 1. The zero-order chi connectivity index (χ0) is 13.9. The van der Waals surface area contributed by atoms with Gasteiger partial charge in [-0.2, -0.15) is 0 Å². The number of nitrogens with one attached hydrogen (secondary N) is 1. The number of rotatable bonds is 4. The second kappa shape index (κ2) is 5.46. The number of aromatic nitrogens is 2. The maximum absolute atomic E-state index is 11.9. The van der Waals surface area contributed by atoms with Crippen molar-refractivity contribution in [1.82, 2.24) is 15.3 Å². The third kappa shape index (κ3) is 3.36. The van der Waals surface area contributed by atoms with Gasteiger partial charge in [-0.25, -0.2) is 4.98 Å². The highest BCUT2D eigenvalue weighted by atomic mass is 32.1. The van der Waals surface area contributed by atoms with Crippen LogP contribution in [0.2, 0.25) is 0 Å². The van der Waals surface area contributed by atoms with Crippen molar-refractivity contribution < 1.29 is 9.90 Å². The molecule has 0 radical (unpaired) electrons. The van der Waals surface area contributed by atoms with Gasteiger partial charge in [0.2, 0.25) is 0 Å². The van der Waals surface area contributed by atoms with Crippen LogP contribution in [0.25, 0.3) is 0 Å². The van der Waals surface area contributed by atoms with Crippen molar-refractivity contribution in [3.8, 4) is 0 Å². The van der Waals surface area contributed by atoms with E-state index >= 15 is 0 Å². The minimum Gasteiger partial charge on any atom is -0.383 e. The lowest BCUT2D eigenvalue weighted by molar-refractivity contribution is 0.0555. The molecule has 2 aromatic rings. The zero-order valence-electron chi connectivity index (χ0n) is 10.8. The number of aryl methyl sites for hydroxylation is 1. The number of aliphatic hydroxyl groups is 1. The topological polar surface area (TPSA) is 75.1 Å². The zero-order valence-corrected chi connectivity index (χ0v) is 11.6.